The minimum absolute atomic E-state index is 0.0414. The maximum Gasteiger partial charge on any atom is 0.323 e. The van der Waals surface area contributed by atoms with E-state index in [2.05, 4.69) is 10.6 Å². The molecule has 3 aromatic carbocycles. The predicted octanol–water partition coefficient (Wildman–Crippen LogP) is 5.50. The Hall–Kier alpha value is -3.31. The van der Waals surface area contributed by atoms with Crippen molar-refractivity contribution in [1.29, 1.82) is 0 Å². The van der Waals surface area contributed by atoms with Gasteiger partial charge in [0.2, 0.25) is 0 Å². The van der Waals surface area contributed by atoms with Crippen LogP contribution in [0.5, 0.6) is 0 Å². The third-order valence-electron chi connectivity index (χ3n) is 4.93. The van der Waals surface area contributed by atoms with Crippen LogP contribution in [0, 0.1) is 6.92 Å². The normalized spacial score (nSPS) is 12.4. The number of rotatable bonds is 3. The number of hydrogen-bond donors (Lipinski definition) is 2. The van der Waals surface area contributed by atoms with Crippen LogP contribution in [-0.2, 0) is 6.42 Å². The number of halogens is 1. The number of urea groups is 1. The molecule has 0 atom stereocenters. The number of amides is 3. The highest BCUT2D eigenvalue weighted by atomic mass is 35.5. The summed E-state index contributed by atoms with van der Waals surface area (Å²) in [6.07, 6.45) is 0.794. The van der Waals surface area contributed by atoms with Crippen molar-refractivity contribution in [3.8, 4) is 0 Å². The molecule has 146 valence electrons. The average Bonchev–Trinajstić information content (AvgIpc) is 3.14. The number of anilines is 3. The minimum atomic E-state index is -0.371. The van der Waals surface area contributed by atoms with Crippen LogP contribution in [0.15, 0.2) is 66.7 Å². The Bertz CT molecular complexity index is 1080. The lowest BCUT2D eigenvalue weighted by molar-refractivity contribution is 0.0989. The predicted molar refractivity (Wildman–Crippen MR) is 117 cm³/mol. The second kappa shape index (κ2) is 7.97. The van der Waals surface area contributed by atoms with E-state index in [1.54, 1.807) is 17.0 Å². The van der Waals surface area contributed by atoms with Gasteiger partial charge in [0.25, 0.3) is 5.91 Å². The Morgan fingerprint density at radius 3 is 2.34 bits per heavy atom. The van der Waals surface area contributed by atoms with Gasteiger partial charge in [0, 0.05) is 34.2 Å². The molecule has 0 saturated carbocycles. The summed E-state index contributed by atoms with van der Waals surface area (Å²) >= 11 is 6.11. The van der Waals surface area contributed by atoms with Crippen molar-refractivity contribution in [1.82, 2.24) is 0 Å². The zero-order valence-corrected chi connectivity index (χ0v) is 16.7. The van der Waals surface area contributed by atoms with E-state index in [4.69, 9.17) is 11.6 Å². The molecule has 5 nitrogen and oxygen atoms in total. The molecule has 0 aliphatic carbocycles. The van der Waals surface area contributed by atoms with Gasteiger partial charge >= 0.3 is 6.03 Å². The molecule has 0 saturated heterocycles. The molecule has 0 unspecified atom stereocenters. The third kappa shape index (κ3) is 4.10. The Kier molecular flexibility index (Phi) is 5.23. The Balaban J connectivity index is 1.50. The van der Waals surface area contributed by atoms with Crippen LogP contribution in [0.2, 0.25) is 5.02 Å². The summed E-state index contributed by atoms with van der Waals surface area (Å²) in [5.41, 5.74) is 4.74. The summed E-state index contributed by atoms with van der Waals surface area (Å²) in [5.74, 6) is -0.0414. The lowest BCUT2D eigenvalue weighted by Gasteiger charge is -2.18. The maximum atomic E-state index is 12.9. The first-order chi connectivity index (χ1) is 14.0. The molecule has 3 aromatic rings. The van der Waals surface area contributed by atoms with Crippen LogP contribution < -0.4 is 15.5 Å². The van der Waals surface area contributed by atoms with E-state index >= 15 is 0 Å². The van der Waals surface area contributed by atoms with Crippen molar-refractivity contribution in [3.63, 3.8) is 0 Å². The summed E-state index contributed by atoms with van der Waals surface area (Å²) in [6.45, 7) is 2.53. The summed E-state index contributed by atoms with van der Waals surface area (Å²) in [7, 11) is 0. The topological polar surface area (TPSA) is 61.4 Å². The second-order valence-electron chi connectivity index (χ2n) is 6.96. The van der Waals surface area contributed by atoms with E-state index in [-0.39, 0.29) is 11.9 Å². The van der Waals surface area contributed by atoms with Crippen LogP contribution >= 0.6 is 11.6 Å². The molecule has 1 heterocycles. The fourth-order valence-corrected chi connectivity index (χ4v) is 3.55. The standard InChI is InChI=1S/C23H20ClN3O2/c1-15-7-9-18(13-20(15)24)25-23(29)26-19-10-8-16-11-12-27(21(16)14-19)22(28)17-5-3-2-4-6-17/h2-10,13-14H,11-12H2,1H3,(H2,25,26,29). The van der Waals surface area contributed by atoms with E-state index < -0.39 is 0 Å². The number of benzene rings is 3. The molecule has 1 aliphatic heterocycles. The highest BCUT2D eigenvalue weighted by Gasteiger charge is 2.26. The molecule has 29 heavy (non-hydrogen) atoms. The molecule has 0 spiro atoms. The van der Waals surface area contributed by atoms with Crippen molar-refractivity contribution < 1.29 is 9.59 Å². The van der Waals surface area contributed by atoms with Crippen molar-refractivity contribution in [3.05, 3.63) is 88.4 Å². The molecule has 0 aromatic heterocycles. The molecule has 3 amide bonds. The average molecular weight is 406 g/mol. The van der Waals surface area contributed by atoms with E-state index in [9.17, 15) is 9.59 Å². The fourth-order valence-electron chi connectivity index (χ4n) is 3.37. The lowest BCUT2D eigenvalue weighted by Crippen LogP contribution is -2.29. The first kappa shape index (κ1) is 19.0. The Morgan fingerprint density at radius 2 is 1.62 bits per heavy atom. The lowest BCUT2D eigenvalue weighted by atomic mass is 10.1. The number of aryl methyl sites for hydroxylation is 1. The molecule has 0 bridgehead atoms. The molecular weight excluding hydrogens is 386 g/mol. The summed E-state index contributed by atoms with van der Waals surface area (Å²) in [5, 5.41) is 6.19. The van der Waals surface area contributed by atoms with Gasteiger partial charge in [-0.05, 0) is 60.9 Å². The van der Waals surface area contributed by atoms with Gasteiger partial charge in [0.05, 0.1) is 0 Å². The summed E-state index contributed by atoms with van der Waals surface area (Å²) < 4.78 is 0. The van der Waals surface area contributed by atoms with Crippen LogP contribution in [0.4, 0.5) is 21.9 Å². The van der Waals surface area contributed by atoms with Gasteiger partial charge in [-0.1, -0.05) is 41.9 Å². The second-order valence-corrected chi connectivity index (χ2v) is 7.37. The van der Waals surface area contributed by atoms with E-state index in [0.717, 1.165) is 23.2 Å². The quantitative estimate of drug-likeness (QED) is 0.604. The third-order valence-corrected chi connectivity index (χ3v) is 5.34. The zero-order chi connectivity index (χ0) is 20.4. The van der Waals surface area contributed by atoms with Crippen LogP contribution in [0.3, 0.4) is 0 Å². The van der Waals surface area contributed by atoms with E-state index in [0.29, 0.717) is 28.5 Å². The first-order valence-corrected chi connectivity index (χ1v) is 9.73. The number of carbonyl (C=O) groups is 2. The van der Waals surface area contributed by atoms with Gasteiger partial charge in [0.15, 0.2) is 0 Å². The van der Waals surface area contributed by atoms with Gasteiger partial charge in [-0.25, -0.2) is 4.79 Å². The van der Waals surface area contributed by atoms with Gasteiger partial charge in [-0.3, -0.25) is 4.79 Å². The van der Waals surface area contributed by atoms with Gasteiger partial charge < -0.3 is 15.5 Å². The number of nitrogens with one attached hydrogen (secondary N) is 2. The van der Waals surface area contributed by atoms with Crippen LogP contribution in [0.1, 0.15) is 21.5 Å². The zero-order valence-electron chi connectivity index (χ0n) is 15.9. The Morgan fingerprint density at radius 1 is 0.931 bits per heavy atom. The number of nitrogens with zero attached hydrogens (tertiary/aromatic N) is 1. The molecule has 4 rings (SSSR count). The first-order valence-electron chi connectivity index (χ1n) is 9.35. The number of hydrogen-bond acceptors (Lipinski definition) is 2. The van der Waals surface area contributed by atoms with Gasteiger partial charge in [-0.2, -0.15) is 0 Å². The molecular formula is C23H20ClN3O2. The SMILES string of the molecule is Cc1ccc(NC(=O)Nc2ccc3c(c2)N(C(=O)c2ccccc2)CC3)cc1Cl. The van der Waals surface area contributed by atoms with E-state index in [1.807, 2.05) is 61.5 Å². The molecule has 0 radical (unpaired) electrons. The summed E-state index contributed by atoms with van der Waals surface area (Å²) in [6, 6.07) is 19.8. The van der Waals surface area contributed by atoms with Gasteiger partial charge in [0.1, 0.15) is 0 Å². The van der Waals surface area contributed by atoms with Gasteiger partial charge in [-0.15, -0.1) is 0 Å². The Labute approximate surface area is 174 Å². The maximum absolute atomic E-state index is 12.9. The molecule has 6 heteroatoms. The van der Waals surface area contributed by atoms with E-state index in [1.165, 1.54) is 0 Å². The largest absolute Gasteiger partial charge is 0.323 e. The molecule has 2 N–H and O–H groups in total. The molecule has 1 aliphatic rings. The van der Waals surface area contributed by atoms with Crippen LogP contribution in [-0.4, -0.2) is 18.5 Å². The fraction of sp³-hybridized carbons (Fsp3) is 0.130. The van der Waals surface area contributed by atoms with Crippen molar-refractivity contribution in [2.75, 3.05) is 22.1 Å². The highest BCUT2D eigenvalue weighted by molar-refractivity contribution is 6.31. The minimum Gasteiger partial charge on any atom is -0.308 e. The van der Waals surface area contributed by atoms with Crippen LogP contribution in [0.25, 0.3) is 0 Å². The highest BCUT2D eigenvalue weighted by Crippen LogP contribution is 2.32. The summed E-state index contributed by atoms with van der Waals surface area (Å²) in [4.78, 5) is 27.0. The van der Waals surface area contributed by atoms with Crippen molar-refractivity contribution in [2.24, 2.45) is 0 Å². The monoisotopic (exact) mass is 405 g/mol. The molecule has 0 fully saturated rings. The van der Waals surface area contributed by atoms with Crippen molar-refractivity contribution in [2.45, 2.75) is 13.3 Å². The smallest absolute Gasteiger partial charge is 0.308 e. The number of carbonyl (C=O) groups excluding carboxylic acids is 2. The number of fused-ring (bicyclic) bond motifs is 1. The van der Waals surface area contributed by atoms with Crippen molar-refractivity contribution >= 4 is 40.6 Å².